The fourth-order valence-corrected chi connectivity index (χ4v) is 3.62. The van der Waals surface area contributed by atoms with Crippen LogP contribution in [0.4, 0.5) is 4.39 Å². The molecule has 0 unspecified atom stereocenters. The molecule has 168 valence electrons. The fraction of sp³-hybridized carbons (Fsp3) is 0.435. The number of carbonyl (C=O) groups is 1. The van der Waals surface area contributed by atoms with E-state index in [-0.39, 0.29) is 18.9 Å². The normalized spacial score (nSPS) is 16.0. The number of aliphatic hydroxyl groups excluding tert-OH is 1. The Kier molecular flexibility index (Phi) is 8.08. The maximum Gasteiger partial charge on any atom is 0.223 e. The van der Waals surface area contributed by atoms with E-state index in [1.165, 1.54) is 12.1 Å². The molecule has 1 aliphatic heterocycles. The van der Waals surface area contributed by atoms with Crippen LogP contribution in [0.5, 0.6) is 17.2 Å². The van der Waals surface area contributed by atoms with Gasteiger partial charge in [-0.15, -0.1) is 0 Å². The van der Waals surface area contributed by atoms with Gasteiger partial charge in [-0.1, -0.05) is 6.07 Å². The van der Waals surface area contributed by atoms with Gasteiger partial charge in [-0.05, 0) is 67.9 Å². The maximum absolute atomic E-state index is 13.8. The zero-order chi connectivity index (χ0) is 22.2. The molecule has 2 aromatic carbocycles. The summed E-state index contributed by atoms with van der Waals surface area (Å²) in [5.41, 5.74) is 0.300. The van der Waals surface area contributed by atoms with Gasteiger partial charge in [0, 0.05) is 6.54 Å². The summed E-state index contributed by atoms with van der Waals surface area (Å²) in [5, 5.41) is 23.1. The van der Waals surface area contributed by atoms with Crippen molar-refractivity contribution in [3.63, 3.8) is 0 Å². The van der Waals surface area contributed by atoms with Crippen molar-refractivity contribution < 1.29 is 28.9 Å². The lowest BCUT2D eigenvalue weighted by Crippen LogP contribution is -2.47. The lowest BCUT2D eigenvalue weighted by molar-refractivity contribution is -0.123. The molecule has 1 aliphatic rings. The molecule has 0 spiro atoms. The molecule has 1 heterocycles. The number of aromatic hydroxyl groups is 1. The average molecular weight is 432 g/mol. The fourth-order valence-electron chi connectivity index (χ4n) is 3.62. The van der Waals surface area contributed by atoms with Crippen molar-refractivity contribution >= 4 is 5.91 Å². The van der Waals surface area contributed by atoms with Gasteiger partial charge in [-0.2, -0.15) is 0 Å². The van der Waals surface area contributed by atoms with Crippen molar-refractivity contribution in [3.8, 4) is 17.2 Å². The first kappa shape index (κ1) is 22.8. The van der Waals surface area contributed by atoms with Crippen LogP contribution in [-0.2, 0) is 4.79 Å². The van der Waals surface area contributed by atoms with E-state index in [1.807, 2.05) is 0 Å². The summed E-state index contributed by atoms with van der Waals surface area (Å²) in [6.07, 6.45) is 1.14. The van der Waals surface area contributed by atoms with Crippen molar-refractivity contribution in [2.45, 2.75) is 31.4 Å². The first-order valence-corrected chi connectivity index (χ1v) is 10.4. The van der Waals surface area contributed by atoms with Crippen molar-refractivity contribution in [1.82, 2.24) is 10.2 Å². The minimum atomic E-state index is -1.11. The van der Waals surface area contributed by atoms with Crippen molar-refractivity contribution in [2.24, 2.45) is 0 Å². The first-order chi connectivity index (χ1) is 15.0. The molecule has 0 bridgehead atoms. The van der Waals surface area contributed by atoms with Crippen LogP contribution in [0.2, 0.25) is 0 Å². The van der Waals surface area contributed by atoms with Gasteiger partial charge in [0.15, 0.2) is 11.6 Å². The number of methoxy groups -OCH3 is 1. The molecule has 3 N–H and O–H groups in total. The van der Waals surface area contributed by atoms with Gasteiger partial charge in [0.2, 0.25) is 5.91 Å². The number of aliphatic hydroxyl groups is 1. The Morgan fingerprint density at radius 1 is 1.16 bits per heavy atom. The largest absolute Gasteiger partial charge is 0.505 e. The zero-order valence-corrected chi connectivity index (χ0v) is 17.6. The molecule has 8 heteroatoms. The zero-order valence-electron chi connectivity index (χ0n) is 17.6. The first-order valence-electron chi connectivity index (χ1n) is 10.4. The van der Waals surface area contributed by atoms with E-state index in [4.69, 9.17) is 9.47 Å². The van der Waals surface area contributed by atoms with Crippen LogP contribution in [0.15, 0.2) is 42.5 Å². The van der Waals surface area contributed by atoms with E-state index >= 15 is 0 Å². The average Bonchev–Trinajstić information content (AvgIpc) is 3.28. The Balaban J connectivity index is 1.58. The number of amides is 1. The van der Waals surface area contributed by atoms with Crippen LogP contribution >= 0.6 is 0 Å². The summed E-state index contributed by atoms with van der Waals surface area (Å²) in [5.74, 6) is -0.213. The molecule has 1 saturated heterocycles. The second-order valence-electron chi connectivity index (χ2n) is 7.61. The summed E-state index contributed by atoms with van der Waals surface area (Å²) in [4.78, 5) is 14.7. The molecule has 3 rings (SSSR count). The van der Waals surface area contributed by atoms with Gasteiger partial charge in [-0.3, -0.25) is 4.79 Å². The van der Waals surface area contributed by atoms with E-state index in [0.717, 1.165) is 37.7 Å². The van der Waals surface area contributed by atoms with Crippen LogP contribution < -0.4 is 14.8 Å². The van der Waals surface area contributed by atoms with Gasteiger partial charge in [0.05, 0.1) is 26.2 Å². The van der Waals surface area contributed by atoms with E-state index in [2.05, 4.69) is 10.2 Å². The monoisotopic (exact) mass is 432 g/mol. The number of hydrogen-bond donors (Lipinski definition) is 3. The number of carbonyl (C=O) groups excluding carboxylic acids is 1. The van der Waals surface area contributed by atoms with Crippen LogP contribution in [-0.4, -0.2) is 60.4 Å². The Morgan fingerprint density at radius 3 is 2.48 bits per heavy atom. The molecule has 1 fully saturated rings. The molecule has 2 aromatic rings. The minimum Gasteiger partial charge on any atom is -0.505 e. The Hall–Kier alpha value is -2.84. The third kappa shape index (κ3) is 6.57. The number of rotatable bonds is 10. The molecule has 0 aliphatic carbocycles. The standard InChI is InChI=1S/C23H29FN2O5/c1-30-17-5-7-18(8-6-17)31-13-10-22(28)25-20(15-26-11-2-3-12-26)23(29)16-4-9-21(27)19(24)14-16/h4-9,14,20,23,27,29H,2-3,10-13,15H2,1H3,(H,25,28)/t20-,23-/m1/s1. The highest BCUT2D eigenvalue weighted by atomic mass is 19.1. The number of nitrogens with zero attached hydrogens (tertiary/aromatic N) is 1. The number of likely N-dealkylation sites (tertiary alicyclic amines) is 1. The smallest absolute Gasteiger partial charge is 0.223 e. The topological polar surface area (TPSA) is 91.3 Å². The highest BCUT2D eigenvalue weighted by Gasteiger charge is 2.27. The summed E-state index contributed by atoms with van der Waals surface area (Å²) in [7, 11) is 1.58. The summed E-state index contributed by atoms with van der Waals surface area (Å²) < 4.78 is 24.5. The van der Waals surface area contributed by atoms with Crippen molar-refractivity contribution in [3.05, 3.63) is 53.8 Å². The van der Waals surface area contributed by atoms with Gasteiger partial charge in [0.1, 0.15) is 17.6 Å². The van der Waals surface area contributed by atoms with E-state index in [1.54, 1.807) is 31.4 Å². The number of halogens is 1. The van der Waals surface area contributed by atoms with Crippen LogP contribution in [0.3, 0.4) is 0 Å². The molecular formula is C23H29FN2O5. The van der Waals surface area contributed by atoms with Crippen molar-refractivity contribution in [2.75, 3.05) is 33.4 Å². The Morgan fingerprint density at radius 2 is 1.84 bits per heavy atom. The van der Waals surface area contributed by atoms with Gasteiger partial charge in [-0.25, -0.2) is 4.39 Å². The second-order valence-corrected chi connectivity index (χ2v) is 7.61. The number of benzene rings is 2. The number of nitrogens with one attached hydrogen (secondary N) is 1. The molecule has 1 amide bonds. The van der Waals surface area contributed by atoms with E-state index in [9.17, 15) is 19.4 Å². The third-order valence-corrected chi connectivity index (χ3v) is 5.35. The summed E-state index contributed by atoms with van der Waals surface area (Å²) >= 11 is 0. The highest BCUT2D eigenvalue weighted by Crippen LogP contribution is 2.24. The number of ether oxygens (including phenoxy) is 2. The van der Waals surface area contributed by atoms with Crippen molar-refractivity contribution in [1.29, 1.82) is 0 Å². The molecule has 0 aromatic heterocycles. The lowest BCUT2D eigenvalue weighted by atomic mass is 10.0. The quantitative estimate of drug-likeness (QED) is 0.535. The molecule has 0 radical (unpaired) electrons. The summed E-state index contributed by atoms with van der Waals surface area (Å²) in [6, 6.07) is 10.2. The van der Waals surface area contributed by atoms with Crippen LogP contribution in [0.25, 0.3) is 0 Å². The minimum absolute atomic E-state index is 0.110. The number of hydrogen-bond acceptors (Lipinski definition) is 6. The van der Waals surface area contributed by atoms with Crippen LogP contribution in [0.1, 0.15) is 30.9 Å². The predicted molar refractivity (Wildman–Crippen MR) is 114 cm³/mol. The molecule has 7 nitrogen and oxygen atoms in total. The van der Waals surface area contributed by atoms with E-state index < -0.39 is 23.7 Å². The van der Waals surface area contributed by atoms with Gasteiger partial charge in [0.25, 0.3) is 0 Å². The Bertz CT molecular complexity index is 856. The molecule has 2 atom stereocenters. The number of phenols is 1. The molecule has 31 heavy (non-hydrogen) atoms. The predicted octanol–water partition coefficient (Wildman–Crippen LogP) is 2.62. The Labute approximate surface area is 181 Å². The number of phenolic OH excluding ortho intramolecular Hbond substituents is 1. The summed E-state index contributed by atoms with van der Waals surface area (Å²) in [6.45, 7) is 2.42. The molecule has 0 saturated carbocycles. The second kappa shape index (κ2) is 11.0. The highest BCUT2D eigenvalue weighted by molar-refractivity contribution is 5.76. The van der Waals surface area contributed by atoms with Crippen LogP contribution in [0, 0.1) is 5.82 Å². The third-order valence-electron chi connectivity index (χ3n) is 5.35. The maximum atomic E-state index is 13.8. The SMILES string of the molecule is COc1ccc(OCCC(=O)N[C@H](CN2CCCC2)[C@H](O)c2ccc(O)c(F)c2)cc1. The van der Waals surface area contributed by atoms with Gasteiger partial charge < -0.3 is 29.9 Å². The molecular weight excluding hydrogens is 403 g/mol. The van der Waals surface area contributed by atoms with Gasteiger partial charge >= 0.3 is 0 Å². The van der Waals surface area contributed by atoms with E-state index in [0.29, 0.717) is 17.9 Å². The lowest BCUT2D eigenvalue weighted by Gasteiger charge is -2.29.